The summed E-state index contributed by atoms with van der Waals surface area (Å²) in [7, 11) is 0. The second kappa shape index (κ2) is 17.8. The first-order valence-corrected chi connectivity index (χ1v) is 14.4. The normalized spacial score (nSPS) is 11.9. The molecule has 0 heterocycles. The Hall–Kier alpha value is -4.90. The van der Waals surface area contributed by atoms with E-state index in [2.05, 4.69) is 26.3 Å². The van der Waals surface area contributed by atoms with Gasteiger partial charge in [0.25, 0.3) is 0 Å². The third-order valence-electron chi connectivity index (χ3n) is 6.66. The first-order chi connectivity index (χ1) is 20.9. The molecule has 4 amide bonds. The van der Waals surface area contributed by atoms with Crippen LogP contribution in [0, 0.1) is 0 Å². The number of unbranched alkanes of at least 4 members (excludes halogenated alkanes) is 1. The smallest absolute Gasteiger partial charge is 0.321 e. The summed E-state index contributed by atoms with van der Waals surface area (Å²) in [5, 5.41) is 20.5. The second-order valence-electron chi connectivity index (χ2n) is 9.99. The third kappa shape index (κ3) is 11.5. The van der Waals surface area contributed by atoms with E-state index in [1.54, 1.807) is 24.3 Å². The van der Waals surface area contributed by atoms with Gasteiger partial charge in [0, 0.05) is 19.6 Å². The molecule has 3 aromatic rings. The molecule has 228 valence electrons. The standard InChI is InChI=1S/C32H41N7O4/c33-19-7-8-20-36-32(43)39-31(34)35-21-9-14-27(29(41)37-22-23-15-17-26(40)18-16-23)38-30(42)28(24-10-3-1-4-11-24)25-12-5-2-6-13-25/h1-6,10-13,15-18,27-28,40H,7-9,14,19-22,33H2,(H,37,41)(H,38,42)(H4,34,35,36,39,43)/t27-/m1/s1. The zero-order chi connectivity index (χ0) is 30.9. The minimum absolute atomic E-state index is 0.0399. The molecule has 43 heavy (non-hydrogen) atoms. The molecule has 0 radical (unpaired) electrons. The molecular weight excluding hydrogens is 546 g/mol. The number of amides is 4. The predicted octanol–water partition coefficient (Wildman–Crippen LogP) is 2.46. The summed E-state index contributed by atoms with van der Waals surface area (Å²) in [6.45, 7) is 1.49. The number of nitrogens with zero attached hydrogens (tertiary/aromatic N) is 1. The Morgan fingerprint density at radius 3 is 2.02 bits per heavy atom. The van der Waals surface area contributed by atoms with Gasteiger partial charge in [-0.2, -0.15) is 0 Å². The van der Waals surface area contributed by atoms with E-state index in [1.807, 2.05) is 60.7 Å². The second-order valence-corrected chi connectivity index (χ2v) is 9.99. The quantitative estimate of drug-likeness (QED) is 0.0814. The van der Waals surface area contributed by atoms with Crippen LogP contribution in [0.15, 0.2) is 89.9 Å². The Balaban J connectivity index is 1.67. The maximum atomic E-state index is 13.7. The summed E-state index contributed by atoms with van der Waals surface area (Å²) in [5.41, 5.74) is 13.7. The Bertz CT molecular complexity index is 1280. The molecule has 9 N–H and O–H groups in total. The number of phenolic OH excluding ortho intramolecular Hbond substituents is 1. The number of aliphatic imine (C=N–C) groups is 1. The van der Waals surface area contributed by atoms with E-state index in [0.717, 1.165) is 29.5 Å². The molecule has 0 fully saturated rings. The molecule has 11 nitrogen and oxygen atoms in total. The Kier molecular flexibility index (Phi) is 13.5. The van der Waals surface area contributed by atoms with Crippen LogP contribution in [-0.4, -0.2) is 54.6 Å². The number of carbonyl (C=O) groups excluding carboxylic acids is 3. The molecule has 0 saturated carbocycles. The van der Waals surface area contributed by atoms with E-state index >= 15 is 0 Å². The molecule has 0 spiro atoms. The van der Waals surface area contributed by atoms with Crippen molar-refractivity contribution < 1.29 is 19.5 Å². The lowest BCUT2D eigenvalue weighted by Gasteiger charge is -2.23. The summed E-state index contributed by atoms with van der Waals surface area (Å²) >= 11 is 0. The average Bonchev–Trinajstić information content (AvgIpc) is 3.01. The summed E-state index contributed by atoms with van der Waals surface area (Å²) in [5.74, 6) is -1.18. The number of hydrogen-bond acceptors (Lipinski definition) is 6. The fourth-order valence-corrected chi connectivity index (χ4v) is 4.40. The topological polar surface area (TPSA) is 184 Å². The lowest BCUT2D eigenvalue weighted by Crippen LogP contribution is -2.48. The number of rotatable bonds is 15. The zero-order valence-corrected chi connectivity index (χ0v) is 24.2. The SMILES string of the molecule is NCCCCNC(=O)NC(N)=NCCC[C@@H](NC(=O)C(c1ccccc1)c1ccccc1)C(=O)NCc1ccc(O)cc1. The van der Waals surface area contributed by atoms with Crippen LogP contribution in [0.3, 0.4) is 0 Å². The lowest BCUT2D eigenvalue weighted by atomic mass is 9.90. The van der Waals surface area contributed by atoms with Gasteiger partial charge in [0.15, 0.2) is 5.96 Å². The number of guanidine groups is 1. The molecule has 0 aromatic heterocycles. The van der Waals surface area contributed by atoms with Crippen LogP contribution < -0.4 is 32.7 Å². The summed E-state index contributed by atoms with van der Waals surface area (Å²) in [6.07, 6.45) is 2.27. The molecule has 3 rings (SSSR count). The Labute approximate surface area is 252 Å². The van der Waals surface area contributed by atoms with Gasteiger partial charge in [-0.1, -0.05) is 72.8 Å². The van der Waals surface area contributed by atoms with E-state index in [-0.39, 0.29) is 43.0 Å². The maximum Gasteiger partial charge on any atom is 0.321 e. The Morgan fingerprint density at radius 1 is 0.791 bits per heavy atom. The molecule has 11 heteroatoms. The summed E-state index contributed by atoms with van der Waals surface area (Å²) < 4.78 is 0. The number of nitrogens with one attached hydrogen (secondary N) is 4. The van der Waals surface area contributed by atoms with Gasteiger partial charge in [0.1, 0.15) is 11.8 Å². The van der Waals surface area contributed by atoms with Gasteiger partial charge in [0.2, 0.25) is 11.8 Å². The number of phenols is 1. The molecule has 0 aliphatic carbocycles. The number of carbonyl (C=O) groups is 3. The predicted molar refractivity (Wildman–Crippen MR) is 167 cm³/mol. The summed E-state index contributed by atoms with van der Waals surface area (Å²) in [4.78, 5) is 43.2. The monoisotopic (exact) mass is 587 g/mol. The highest BCUT2D eigenvalue weighted by Crippen LogP contribution is 2.25. The highest BCUT2D eigenvalue weighted by atomic mass is 16.3. The van der Waals surface area contributed by atoms with Crippen LogP contribution in [0.4, 0.5) is 4.79 Å². The van der Waals surface area contributed by atoms with Gasteiger partial charge in [0.05, 0.1) is 5.92 Å². The molecule has 0 aliphatic heterocycles. The van der Waals surface area contributed by atoms with Crippen molar-refractivity contribution in [2.24, 2.45) is 16.5 Å². The molecule has 0 unspecified atom stereocenters. The average molecular weight is 588 g/mol. The van der Waals surface area contributed by atoms with Crippen molar-refractivity contribution in [2.45, 2.75) is 44.2 Å². The lowest BCUT2D eigenvalue weighted by molar-refractivity contribution is -0.129. The van der Waals surface area contributed by atoms with Crippen LogP contribution >= 0.6 is 0 Å². The van der Waals surface area contributed by atoms with E-state index in [4.69, 9.17) is 11.5 Å². The largest absolute Gasteiger partial charge is 0.508 e. The Morgan fingerprint density at radius 2 is 1.42 bits per heavy atom. The molecule has 0 aliphatic rings. The summed E-state index contributed by atoms with van der Waals surface area (Å²) in [6, 6.07) is 24.0. The number of nitrogens with two attached hydrogens (primary N) is 2. The van der Waals surface area contributed by atoms with Gasteiger partial charge >= 0.3 is 6.03 Å². The number of aromatic hydroxyl groups is 1. The molecule has 3 aromatic carbocycles. The van der Waals surface area contributed by atoms with Gasteiger partial charge in [-0.3, -0.25) is 19.9 Å². The molecule has 0 bridgehead atoms. The van der Waals surface area contributed by atoms with Gasteiger partial charge in [-0.25, -0.2) is 4.79 Å². The minimum atomic E-state index is -0.852. The van der Waals surface area contributed by atoms with Crippen LogP contribution in [-0.2, 0) is 16.1 Å². The molecular formula is C32H41N7O4. The van der Waals surface area contributed by atoms with E-state index in [0.29, 0.717) is 19.5 Å². The van der Waals surface area contributed by atoms with E-state index in [1.165, 1.54) is 0 Å². The van der Waals surface area contributed by atoms with Gasteiger partial charge in [-0.15, -0.1) is 0 Å². The van der Waals surface area contributed by atoms with Crippen molar-refractivity contribution in [3.63, 3.8) is 0 Å². The van der Waals surface area contributed by atoms with Crippen molar-refractivity contribution >= 4 is 23.8 Å². The van der Waals surface area contributed by atoms with Crippen LogP contribution in [0.2, 0.25) is 0 Å². The van der Waals surface area contributed by atoms with E-state index in [9.17, 15) is 19.5 Å². The van der Waals surface area contributed by atoms with Crippen molar-refractivity contribution in [2.75, 3.05) is 19.6 Å². The molecule has 1 atom stereocenters. The third-order valence-corrected chi connectivity index (χ3v) is 6.66. The van der Waals surface area contributed by atoms with Gasteiger partial charge < -0.3 is 32.5 Å². The highest BCUT2D eigenvalue weighted by molar-refractivity contribution is 5.95. The number of urea groups is 1. The van der Waals surface area contributed by atoms with Crippen molar-refractivity contribution in [3.8, 4) is 5.75 Å². The van der Waals surface area contributed by atoms with Crippen LogP contribution in [0.25, 0.3) is 0 Å². The fourth-order valence-electron chi connectivity index (χ4n) is 4.40. The van der Waals surface area contributed by atoms with E-state index < -0.39 is 18.0 Å². The minimum Gasteiger partial charge on any atom is -0.508 e. The number of benzene rings is 3. The first kappa shape index (κ1) is 32.6. The van der Waals surface area contributed by atoms with Crippen molar-refractivity contribution in [1.29, 1.82) is 0 Å². The molecule has 0 saturated heterocycles. The van der Waals surface area contributed by atoms with Crippen molar-refractivity contribution in [1.82, 2.24) is 21.3 Å². The van der Waals surface area contributed by atoms with Gasteiger partial charge in [-0.05, 0) is 61.1 Å². The van der Waals surface area contributed by atoms with Crippen LogP contribution in [0.1, 0.15) is 48.3 Å². The first-order valence-electron chi connectivity index (χ1n) is 14.4. The van der Waals surface area contributed by atoms with Crippen LogP contribution in [0.5, 0.6) is 5.75 Å². The zero-order valence-electron chi connectivity index (χ0n) is 24.2. The highest BCUT2D eigenvalue weighted by Gasteiger charge is 2.27. The van der Waals surface area contributed by atoms with Crippen molar-refractivity contribution in [3.05, 3.63) is 102 Å². The fraction of sp³-hybridized carbons (Fsp3) is 0.312. The number of hydrogen-bond donors (Lipinski definition) is 7. The maximum absolute atomic E-state index is 13.7.